The molecule has 0 saturated carbocycles. The van der Waals surface area contributed by atoms with Gasteiger partial charge in [0.15, 0.2) is 0 Å². The SMILES string of the molecule is OB(O)c1c(N(c2ccccc2)c2ccccc2)cc(-c2ccccc2)c(-c2ccccc2)c1-c1ccccc1. The van der Waals surface area contributed by atoms with Crippen molar-refractivity contribution in [1.29, 1.82) is 0 Å². The highest BCUT2D eigenvalue weighted by molar-refractivity contribution is 6.63. The first-order valence-electron chi connectivity index (χ1n) is 13.4. The molecule has 0 aromatic heterocycles. The van der Waals surface area contributed by atoms with E-state index in [2.05, 4.69) is 35.2 Å². The maximum Gasteiger partial charge on any atom is 0.491 e. The minimum absolute atomic E-state index is 0.442. The molecule has 6 rings (SSSR count). The third kappa shape index (κ3) is 4.94. The van der Waals surface area contributed by atoms with E-state index in [0.29, 0.717) is 11.2 Å². The van der Waals surface area contributed by atoms with Crippen molar-refractivity contribution in [2.75, 3.05) is 4.90 Å². The standard InChI is InChI=1S/C36H28BNO2/c39-37(40)36-33(38(30-22-12-4-13-23-30)31-24-14-5-15-25-31)26-32(27-16-6-1-7-17-27)34(28-18-8-2-9-19-28)35(36)29-20-10-3-11-21-29/h1-26,39-40H. The van der Waals surface area contributed by atoms with E-state index in [-0.39, 0.29) is 0 Å². The minimum Gasteiger partial charge on any atom is -0.423 e. The number of rotatable bonds is 7. The van der Waals surface area contributed by atoms with Gasteiger partial charge in [-0.05, 0) is 63.7 Å². The zero-order valence-electron chi connectivity index (χ0n) is 21.9. The molecule has 6 aromatic rings. The van der Waals surface area contributed by atoms with Gasteiger partial charge in [0.1, 0.15) is 0 Å². The molecule has 0 aliphatic heterocycles. The van der Waals surface area contributed by atoms with E-state index < -0.39 is 7.12 Å². The summed E-state index contributed by atoms with van der Waals surface area (Å²) < 4.78 is 0. The van der Waals surface area contributed by atoms with Crippen molar-refractivity contribution in [3.05, 3.63) is 158 Å². The van der Waals surface area contributed by atoms with Crippen LogP contribution >= 0.6 is 0 Å². The summed E-state index contributed by atoms with van der Waals surface area (Å²) in [5.41, 5.74) is 8.66. The van der Waals surface area contributed by atoms with Gasteiger partial charge in [-0.15, -0.1) is 0 Å². The van der Waals surface area contributed by atoms with Gasteiger partial charge < -0.3 is 14.9 Å². The second-order valence-electron chi connectivity index (χ2n) is 9.59. The number of benzene rings is 6. The monoisotopic (exact) mass is 517 g/mol. The zero-order chi connectivity index (χ0) is 27.3. The Morgan fingerprint density at radius 1 is 0.425 bits per heavy atom. The van der Waals surface area contributed by atoms with Gasteiger partial charge in [-0.1, -0.05) is 127 Å². The summed E-state index contributed by atoms with van der Waals surface area (Å²) in [6.07, 6.45) is 0. The lowest BCUT2D eigenvalue weighted by Gasteiger charge is -2.31. The number of anilines is 3. The molecule has 2 N–H and O–H groups in total. The molecule has 6 aromatic carbocycles. The predicted molar refractivity (Wildman–Crippen MR) is 167 cm³/mol. The van der Waals surface area contributed by atoms with Gasteiger partial charge in [-0.2, -0.15) is 0 Å². The average Bonchev–Trinajstić information content (AvgIpc) is 3.03. The molecule has 0 unspecified atom stereocenters. The van der Waals surface area contributed by atoms with Gasteiger partial charge in [0.05, 0.1) is 0 Å². The van der Waals surface area contributed by atoms with Crippen molar-refractivity contribution in [2.24, 2.45) is 0 Å². The van der Waals surface area contributed by atoms with Crippen LogP contribution in [0.4, 0.5) is 17.1 Å². The molecule has 0 fully saturated rings. The molecule has 0 saturated heterocycles. The number of hydrogen-bond donors (Lipinski definition) is 2. The van der Waals surface area contributed by atoms with Gasteiger partial charge in [0.2, 0.25) is 0 Å². The molecule has 4 heteroatoms. The lowest BCUT2D eigenvalue weighted by molar-refractivity contribution is 0.426. The Morgan fingerprint density at radius 3 is 1.23 bits per heavy atom. The van der Waals surface area contributed by atoms with Gasteiger partial charge in [-0.25, -0.2) is 0 Å². The summed E-state index contributed by atoms with van der Waals surface area (Å²) in [4.78, 5) is 2.10. The fourth-order valence-electron chi connectivity index (χ4n) is 5.37. The lowest BCUT2D eigenvalue weighted by Crippen LogP contribution is -2.36. The molecule has 3 nitrogen and oxygen atoms in total. The van der Waals surface area contributed by atoms with Crippen LogP contribution in [0.5, 0.6) is 0 Å². The summed E-state index contributed by atoms with van der Waals surface area (Å²) in [6.45, 7) is 0. The highest BCUT2D eigenvalue weighted by Gasteiger charge is 2.31. The summed E-state index contributed by atoms with van der Waals surface area (Å²) in [5.74, 6) is 0. The van der Waals surface area contributed by atoms with Gasteiger partial charge in [-0.3, -0.25) is 0 Å². The number of hydrogen-bond acceptors (Lipinski definition) is 3. The minimum atomic E-state index is -1.73. The average molecular weight is 517 g/mol. The first-order chi connectivity index (χ1) is 19.7. The number of para-hydroxylation sites is 2. The predicted octanol–water partition coefficient (Wildman–Crippen LogP) is 7.84. The third-order valence-corrected chi connectivity index (χ3v) is 7.08. The molecule has 40 heavy (non-hydrogen) atoms. The quantitative estimate of drug-likeness (QED) is 0.212. The Kier molecular flexibility index (Phi) is 7.27. The first-order valence-corrected chi connectivity index (χ1v) is 13.4. The highest BCUT2D eigenvalue weighted by Crippen LogP contribution is 2.44. The van der Waals surface area contributed by atoms with Crippen molar-refractivity contribution in [2.45, 2.75) is 0 Å². The van der Waals surface area contributed by atoms with Crippen LogP contribution in [0.1, 0.15) is 0 Å². The van der Waals surface area contributed by atoms with Crippen LogP contribution < -0.4 is 10.4 Å². The summed E-state index contributed by atoms with van der Waals surface area (Å²) in [5, 5.41) is 22.3. The smallest absolute Gasteiger partial charge is 0.423 e. The van der Waals surface area contributed by atoms with Crippen molar-refractivity contribution in [3.63, 3.8) is 0 Å². The molecule has 0 spiro atoms. The second-order valence-corrected chi connectivity index (χ2v) is 9.59. The lowest BCUT2D eigenvalue weighted by atomic mass is 9.70. The molecule has 192 valence electrons. The number of nitrogens with zero attached hydrogens (tertiary/aromatic N) is 1. The summed E-state index contributed by atoms with van der Waals surface area (Å²) in [6, 6.07) is 52.7. The van der Waals surface area contributed by atoms with Crippen LogP contribution in [0.15, 0.2) is 158 Å². The van der Waals surface area contributed by atoms with E-state index in [1.54, 1.807) is 0 Å². The maximum absolute atomic E-state index is 11.2. The van der Waals surface area contributed by atoms with Crippen molar-refractivity contribution in [1.82, 2.24) is 0 Å². The fraction of sp³-hybridized carbons (Fsp3) is 0. The van der Waals surface area contributed by atoms with Crippen LogP contribution in [0.25, 0.3) is 33.4 Å². The molecule has 0 aliphatic carbocycles. The maximum atomic E-state index is 11.2. The van der Waals surface area contributed by atoms with E-state index in [4.69, 9.17) is 0 Å². The van der Waals surface area contributed by atoms with Gasteiger partial charge >= 0.3 is 7.12 Å². The van der Waals surface area contributed by atoms with E-state index in [1.165, 1.54) is 0 Å². The van der Waals surface area contributed by atoms with Crippen molar-refractivity contribution >= 4 is 29.6 Å². The summed E-state index contributed by atoms with van der Waals surface area (Å²) >= 11 is 0. The molecular formula is C36H28BNO2. The molecule has 0 bridgehead atoms. The van der Waals surface area contributed by atoms with E-state index >= 15 is 0 Å². The summed E-state index contributed by atoms with van der Waals surface area (Å²) in [7, 11) is -1.73. The highest BCUT2D eigenvalue weighted by atomic mass is 16.4. The molecule has 0 radical (unpaired) electrons. The van der Waals surface area contributed by atoms with E-state index in [0.717, 1.165) is 44.8 Å². The van der Waals surface area contributed by atoms with E-state index in [1.807, 2.05) is 127 Å². The second kappa shape index (κ2) is 11.5. The molecule has 0 aliphatic rings. The van der Waals surface area contributed by atoms with E-state index in [9.17, 15) is 10.0 Å². The van der Waals surface area contributed by atoms with Crippen LogP contribution in [-0.4, -0.2) is 17.2 Å². The van der Waals surface area contributed by atoms with Crippen molar-refractivity contribution < 1.29 is 10.0 Å². The first kappa shape index (κ1) is 25.4. The molecule has 0 amide bonds. The van der Waals surface area contributed by atoms with Crippen LogP contribution in [0.2, 0.25) is 0 Å². The van der Waals surface area contributed by atoms with Crippen LogP contribution in [-0.2, 0) is 0 Å². The normalized spacial score (nSPS) is 10.8. The Morgan fingerprint density at radius 2 is 0.800 bits per heavy atom. The van der Waals surface area contributed by atoms with Gasteiger partial charge in [0, 0.05) is 22.5 Å². The van der Waals surface area contributed by atoms with Gasteiger partial charge in [0.25, 0.3) is 0 Å². The Bertz CT molecular complexity index is 1650. The Balaban J connectivity index is 1.80. The molecule has 0 heterocycles. The Labute approximate surface area is 235 Å². The van der Waals surface area contributed by atoms with Crippen LogP contribution in [0, 0.1) is 0 Å². The van der Waals surface area contributed by atoms with Crippen molar-refractivity contribution in [3.8, 4) is 33.4 Å². The third-order valence-electron chi connectivity index (χ3n) is 7.08. The topological polar surface area (TPSA) is 43.7 Å². The fourth-order valence-corrected chi connectivity index (χ4v) is 5.37. The largest absolute Gasteiger partial charge is 0.491 e. The molecular weight excluding hydrogens is 489 g/mol. The zero-order valence-corrected chi connectivity index (χ0v) is 21.9. The molecule has 0 atom stereocenters. The Hall–Kier alpha value is -4.90. The van der Waals surface area contributed by atoms with Crippen LogP contribution in [0.3, 0.4) is 0 Å².